The van der Waals surface area contributed by atoms with Gasteiger partial charge in [0.1, 0.15) is 0 Å². The Morgan fingerprint density at radius 3 is 2.00 bits per heavy atom. The molecular formula is C12H9F6N3S. The van der Waals surface area contributed by atoms with Crippen molar-refractivity contribution in [2.24, 2.45) is 0 Å². The summed E-state index contributed by atoms with van der Waals surface area (Å²) in [6.07, 6.45) is -8.99. The van der Waals surface area contributed by atoms with Crippen molar-refractivity contribution in [2.75, 3.05) is 11.9 Å². The van der Waals surface area contributed by atoms with Crippen LogP contribution < -0.4 is 4.90 Å². The lowest BCUT2D eigenvalue weighted by molar-refractivity contribution is -0.138. The first-order valence-electron chi connectivity index (χ1n) is 5.85. The van der Waals surface area contributed by atoms with Crippen molar-refractivity contribution in [3.8, 4) is 0 Å². The van der Waals surface area contributed by atoms with Crippen LogP contribution in [0.2, 0.25) is 0 Å². The quantitative estimate of drug-likeness (QED) is 0.783. The number of nitrogens with zero attached hydrogens (tertiary/aromatic N) is 3. The van der Waals surface area contributed by atoms with Crippen molar-refractivity contribution in [1.29, 1.82) is 0 Å². The third-order valence-electron chi connectivity index (χ3n) is 2.68. The summed E-state index contributed by atoms with van der Waals surface area (Å²) >= 11 is 0.373. The summed E-state index contributed by atoms with van der Waals surface area (Å²) < 4.78 is 74.6. The van der Waals surface area contributed by atoms with Crippen LogP contribution in [0.15, 0.2) is 24.3 Å². The minimum absolute atomic E-state index is 0.0345. The van der Waals surface area contributed by atoms with Crippen LogP contribution in [0.5, 0.6) is 0 Å². The lowest BCUT2D eigenvalue weighted by atomic mass is 10.1. The zero-order valence-electron chi connectivity index (χ0n) is 11.0. The highest BCUT2D eigenvalue weighted by atomic mass is 32.1. The maximum absolute atomic E-state index is 12.4. The zero-order chi connectivity index (χ0) is 16.5. The van der Waals surface area contributed by atoms with Crippen LogP contribution in [0.3, 0.4) is 0 Å². The molecule has 0 N–H and O–H groups in total. The summed E-state index contributed by atoms with van der Waals surface area (Å²) in [5.41, 5.74) is -0.270. The van der Waals surface area contributed by atoms with Gasteiger partial charge in [-0.2, -0.15) is 26.3 Å². The Labute approximate surface area is 125 Å². The van der Waals surface area contributed by atoms with Crippen molar-refractivity contribution < 1.29 is 26.3 Å². The smallest absolute Gasteiger partial charge is 0.345 e. The number of hydrogen-bond donors (Lipinski definition) is 0. The average Bonchev–Trinajstić information content (AvgIpc) is 2.87. The SMILES string of the molecule is CN(Cc1ccc(C(F)(F)F)cc1)c1nnc(C(F)(F)F)s1. The Kier molecular flexibility index (Phi) is 4.32. The van der Waals surface area contributed by atoms with Gasteiger partial charge in [-0.1, -0.05) is 23.5 Å². The van der Waals surface area contributed by atoms with Crippen LogP contribution in [-0.4, -0.2) is 17.2 Å². The maximum Gasteiger partial charge on any atom is 0.445 e. The number of aromatic nitrogens is 2. The fourth-order valence-electron chi connectivity index (χ4n) is 1.62. The first kappa shape index (κ1) is 16.5. The standard InChI is InChI=1S/C12H9F6N3S/c1-21(10-20-19-9(22-10)12(16,17)18)6-7-2-4-8(5-3-7)11(13,14)15/h2-5H,6H2,1H3. The number of anilines is 1. The molecule has 0 fully saturated rings. The summed E-state index contributed by atoms with van der Waals surface area (Å²) in [5, 5.41) is 5.45. The largest absolute Gasteiger partial charge is 0.445 e. The van der Waals surface area contributed by atoms with Gasteiger partial charge in [0.15, 0.2) is 0 Å². The molecule has 22 heavy (non-hydrogen) atoms. The van der Waals surface area contributed by atoms with Crippen LogP contribution in [0.4, 0.5) is 31.5 Å². The molecule has 2 rings (SSSR count). The van der Waals surface area contributed by atoms with Crippen molar-refractivity contribution in [3.05, 3.63) is 40.4 Å². The number of benzene rings is 1. The van der Waals surface area contributed by atoms with Crippen molar-refractivity contribution in [3.63, 3.8) is 0 Å². The predicted molar refractivity (Wildman–Crippen MR) is 68.5 cm³/mol. The third kappa shape index (κ3) is 3.87. The van der Waals surface area contributed by atoms with E-state index in [9.17, 15) is 26.3 Å². The molecule has 0 spiro atoms. The molecule has 0 aliphatic rings. The Hall–Kier alpha value is -1.84. The van der Waals surface area contributed by atoms with E-state index in [0.29, 0.717) is 16.9 Å². The molecule has 1 aromatic heterocycles. The van der Waals surface area contributed by atoms with Gasteiger partial charge in [0.2, 0.25) is 10.1 Å². The highest BCUT2D eigenvalue weighted by Gasteiger charge is 2.36. The van der Waals surface area contributed by atoms with E-state index in [-0.39, 0.29) is 11.7 Å². The second-order valence-corrected chi connectivity index (χ2v) is 5.39. The molecule has 0 radical (unpaired) electrons. The number of alkyl halides is 6. The topological polar surface area (TPSA) is 29.0 Å². The van der Waals surface area contributed by atoms with Crippen LogP contribution in [0, 0.1) is 0 Å². The normalized spacial score (nSPS) is 12.5. The van der Waals surface area contributed by atoms with Gasteiger partial charge in [-0.15, -0.1) is 10.2 Å². The lowest BCUT2D eigenvalue weighted by Gasteiger charge is -2.15. The van der Waals surface area contributed by atoms with Gasteiger partial charge < -0.3 is 4.90 Å². The van der Waals surface area contributed by atoms with Crippen molar-refractivity contribution in [1.82, 2.24) is 10.2 Å². The third-order valence-corrected chi connectivity index (χ3v) is 3.77. The molecule has 0 atom stereocenters. The number of hydrogen-bond acceptors (Lipinski definition) is 4. The summed E-state index contributed by atoms with van der Waals surface area (Å²) in [6.45, 7) is 0.116. The zero-order valence-corrected chi connectivity index (χ0v) is 11.9. The van der Waals surface area contributed by atoms with Crippen LogP contribution >= 0.6 is 11.3 Å². The maximum atomic E-state index is 12.4. The van der Waals surface area contributed by atoms with Crippen LogP contribution in [-0.2, 0) is 18.9 Å². The van der Waals surface area contributed by atoms with Gasteiger partial charge in [-0.25, -0.2) is 0 Å². The fourth-order valence-corrected chi connectivity index (χ4v) is 2.30. The Balaban J connectivity index is 2.09. The molecule has 0 amide bonds. The van der Waals surface area contributed by atoms with Gasteiger partial charge >= 0.3 is 12.4 Å². The molecule has 1 heterocycles. The minimum atomic E-state index is -4.56. The molecule has 0 aliphatic heterocycles. The van der Waals surface area contributed by atoms with Crippen molar-refractivity contribution in [2.45, 2.75) is 18.9 Å². The molecule has 0 unspecified atom stereocenters. The number of halogens is 6. The number of rotatable bonds is 3. The average molecular weight is 341 g/mol. The van der Waals surface area contributed by atoms with Gasteiger partial charge in [-0.05, 0) is 17.7 Å². The second-order valence-electron chi connectivity index (χ2n) is 4.44. The van der Waals surface area contributed by atoms with Gasteiger partial charge in [0, 0.05) is 13.6 Å². The van der Waals surface area contributed by atoms with E-state index in [0.717, 1.165) is 12.1 Å². The van der Waals surface area contributed by atoms with Gasteiger partial charge in [0.05, 0.1) is 5.56 Å². The molecule has 120 valence electrons. The van der Waals surface area contributed by atoms with E-state index in [1.807, 2.05) is 0 Å². The molecule has 2 aromatic rings. The van der Waals surface area contributed by atoms with Crippen molar-refractivity contribution >= 4 is 16.5 Å². The minimum Gasteiger partial charge on any atom is -0.345 e. The Bertz CT molecular complexity index is 632. The fraction of sp³-hybridized carbons (Fsp3) is 0.333. The first-order valence-corrected chi connectivity index (χ1v) is 6.67. The molecule has 0 aliphatic carbocycles. The first-order chi connectivity index (χ1) is 10.1. The van der Waals surface area contributed by atoms with E-state index in [2.05, 4.69) is 10.2 Å². The summed E-state index contributed by atoms with van der Waals surface area (Å²) in [7, 11) is 1.48. The monoisotopic (exact) mass is 341 g/mol. The van der Waals surface area contributed by atoms with E-state index in [1.54, 1.807) is 0 Å². The molecule has 0 saturated heterocycles. The molecule has 0 bridgehead atoms. The van der Waals surface area contributed by atoms with Gasteiger partial charge in [0.25, 0.3) is 0 Å². The van der Waals surface area contributed by atoms with E-state index in [4.69, 9.17) is 0 Å². The summed E-state index contributed by atoms with van der Waals surface area (Å²) in [6, 6.07) is 4.38. The van der Waals surface area contributed by atoms with E-state index >= 15 is 0 Å². The van der Waals surface area contributed by atoms with E-state index < -0.39 is 22.9 Å². The van der Waals surface area contributed by atoms with Gasteiger partial charge in [-0.3, -0.25) is 0 Å². The summed E-state index contributed by atoms with van der Waals surface area (Å²) in [5.74, 6) is 0. The molecular weight excluding hydrogens is 332 g/mol. The molecule has 0 saturated carbocycles. The molecule has 3 nitrogen and oxygen atoms in total. The second kappa shape index (κ2) is 5.75. The van der Waals surface area contributed by atoms with E-state index in [1.165, 1.54) is 24.1 Å². The molecule has 1 aromatic carbocycles. The van der Waals surface area contributed by atoms with Crippen LogP contribution in [0.25, 0.3) is 0 Å². The summed E-state index contributed by atoms with van der Waals surface area (Å²) in [4.78, 5) is 1.38. The highest BCUT2D eigenvalue weighted by molar-refractivity contribution is 7.15. The molecule has 10 heteroatoms. The van der Waals surface area contributed by atoms with Crippen LogP contribution in [0.1, 0.15) is 16.1 Å². The lowest BCUT2D eigenvalue weighted by Crippen LogP contribution is -2.16. The predicted octanol–water partition coefficient (Wildman–Crippen LogP) is 4.21. The Morgan fingerprint density at radius 2 is 1.55 bits per heavy atom. The Morgan fingerprint density at radius 1 is 0.955 bits per heavy atom. The highest BCUT2D eigenvalue weighted by Crippen LogP contribution is 2.34.